The van der Waals surface area contributed by atoms with Gasteiger partial charge in [-0.25, -0.2) is 41.3 Å². The summed E-state index contributed by atoms with van der Waals surface area (Å²) in [7, 11) is 0. The standard InChI is InChI=1S/C24H6F6N4/c1-33-18(10-32)12-3-5-13(14(7-12)11-4-6-16(25)17(26)8-11)15(9-31)19-20(27)22(29)24(34-2)23(30)21(19)28/h3-8H/b15-13+,18-12+. The van der Waals surface area contributed by atoms with Crippen LogP contribution < -0.4 is 10.4 Å². The van der Waals surface area contributed by atoms with E-state index in [0.717, 1.165) is 30.3 Å². The molecule has 3 rings (SSSR count). The molecule has 0 aliphatic heterocycles. The Morgan fingerprint density at radius 3 is 1.91 bits per heavy atom. The largest absolute Gasteiger partial charge is 0.268 e. The van der Waals surface area contributed by atoms with Gasteiger partial charge in [0.15, 0.2) is 34.9 Å². The van der Waals surface area contributed by atoms with Crippen LogP contribution in [0.3, 0.4) is 0 Å². The fourth-order valence-electron chi connectivity index (χ4n) is 3.15. The topological polar surface area (TPSA) is 56.3 Å². The minimum Gasteiger partial charge on any atom is -0.232 e. The average Bonchev–Trinajstić information content (AvgIpc) is 2.83. The molecular formula is C24H6F6N4. The second-order valence-electron chi connectivity index (χ2n) is 6.54. The van der Waals surface area contributed by atoms with Crippen LogP contribution in [-0.4, -0.2) is 0 Å². The van der Waals surface area contributed by atoms with Crippen LogP contribution >= 0.6 is 0 Å². The van der Waals surface area contributed by atoms with Gasteiger partial charge < -0.3 is 0 Å². The molecule has 0 unspecified atom stereocenters. The highest BCUT2D eigenvalue weighted by Crippen LogP contribution is 2.33. The van der Waals surface area contributed by atoms with Crippen LogP contribution in [0.4, 0.5) is 32.0 Å². The molecule has 4 nitrogen and oxygen atoms in total. The number of hydrogen-bond acceptors (Lipinski definition) is 2. The number of halogens is 6. The molecule has 0 spiro atoms. The molecule has 3 aromatic carbocycles. The molecule has 0 aliphatic carbocycles. The van der Waals surface area contributed by atoms with E-state index in [4.69, 9.17) is 18.4 Å². The first kappa shape index (κ1) is 23.6. The smallest absolute Gasteiger partial charge is 0.232 e. The monoisotopic (exact) mass is 464 g/mol. The van der Waals surface area contributed by atoms with Crippen molar-refractivity contribution in [2.24, 2.45) is 0 Å². The van der Waals surface area contributed by atoms with Crippen molar-refractivity contribution in [1.29, 1.82) is 10.5 Å². The summed E-state index contributed by atoms with van der Waals surface area (Å²) in [4.78, 5) is 5.43. The van der Waals surface area contributed by atoms with E-state index in [9.17, 15) is 31.6 Å². The Morgan fingerprint density at radius 1 is 0.765 bits per heavy atom. The third-order valence-electron chi connectivity index (χ3n) is 4.72. The zero-order valence-electron chi connectivity index (χ0n) is 16.5. The lowest BCUT2D eigenvalue weighted by Gasteiger charge is -2.11. The number of nitrogens with zero attached hydrogens (tertiary/aromatic N) is 4. The van der Waals surface area contributed by atoms with Gasteiger partial charge in [-0.05, 0) is 28.5 Å². The Morgan fingerprint density at radius 2 is 1.41 bits per heavy atom. The number of rotatable bonds is 2. The second kappa shape index (κ2) is 9.20. The summed E-state index contributed by atoms with van der Waals surface area (Å²) in [6.45, 7) is 13.8. The normalized spacial score (nSPS) is 12.1. The predicted molar refractivity (Wildman–Crippen MR) is 107 cm³/mol. The quantitative estimate of drug-likeness (QED) is 0.304. The van der Waals surface area contributed by atoms with Gasteiger partial charge in [0.1, 0.15) is 6.07 Å². The Labute approximate surface area is 187 Å². The van der Waals surface area contributed by atoms with Gasteiger partial charge in [-0.2, -0.15) is 5.26 Å². The molecule has 0 bridgehead atoms. The van der Waals surface area contributed by atoms with Crippen molar-refractivity contribution in [3.63, 3.8) is 0 Å². The van der Waals surface area contributed by atoms with E-state index in [1.54, 1.807) is 6.07 Å². The SMILES string of the molecule is [C-]#[N+]/C(C#N)=c1\cc/c(=C(/C#N)c2c(F)c(F)c([N+]#[C-])c(F)c2F)c(-c2ccc(F)c(F)c2)c1. The van der Waals surface area contributed by atoms with Gasteiger partial charge in [-0.15, -0.1) is 0 Å². The van der Waals surface area contributed by atoms with Crippen LogP contribution in [0.1, 0.15) is 5.56 Å². The molecule has 3 aromatic rings. The Bertz CT molecular complexity index is 1620. The predicted octanol–water partition coefficient (Wildman–Crippen LogP) is 5.01. The minimum atomic E-state index is -2.02. The molecule has 0 atom stereocenters. The second-order valence-corrected chi connectivity index (χ2v) is 6.54. The first-order valence-electron chi connectivity index (χ1n) is 8.95. The summed E-state index contributed by atoms with van der Waals surface area (Å²) in [5.41, 5.74) is -4.65. The van der Waals surface area contributed by atoms with E-state index in [2.05, 4.69) is 9.69 Å². The molecule has 10 heteroatoms. The van der Waals surface area contributed by atoms with Gasteiger partial charge in [-0.3, -0.25) is 0 Å². The Balaban J connectivity index is 2.62. The van der Waals surface area contributed by atoms with Crippen molar-refractivity contribution in [3.05, 3.63) is 110 Å². The van der Waals surface area contributed by atoms with E-state index in [0.29, 0.717) is 6.07 Å². The zero-order chi connectivity index (χ0) is 25.2. The molecule has 164 valence electrons. The van der Waals surface area contributed by atoms with Crippen LogP contribution in [0.2, 0.25) is 0 Å². The lowest BCUT2D eigenvalue weighted by Crippen LogP contribution is -2.18. The van der Waals surface area contributed by atoms with Gasteiger partial charge in [0.05, 0.1) is 30.4 Å². The summed E-state index contributed by atoms with van der Waals surface area (Å²) < 4.78 is 85.2. The third-order valence-corrected chi connectivity index (χ3v) is 4.72. The third kappa shape index (κ3) is 3.81. The van der Waals surface area contributed by atoms with Crippen LogP contribution in [0.5, 0.6) is 0 Å². The highest BCUT2D eigenvalue weighted by molar-refractivity contribution is 5.83. The zero-order valence-corrected chi connectivity index (χ0v) is 16.5. The molecular weight excluding hydrogens is 458 g/mol. The first-order chi connectivity index (χ1) is 16.2. The maximum Gasteiger partial charge on any atom is 0.268 e. The average molecular weight is 464 g/mol. The lowest BCUT2D eigenvalue weighted by molar-refractivity contribution is 0.457. The van der Waals surface area contributed by atoms with E-state index < -0.39 is 57.4 Å². The van der Waals surface area contributed by atoms with Gasteiger partial charge in [0, 0.05) is 5.22 Å². The van der Waals surface area contributed by atoms with Crippen LogP contribution in [0, 0.1) is 70.7 Å². The molecule has 0 amide bonds. The maximum atomic E-state index is 14.7. The van der Waals surface area contributed by atoms with E-state index in [1.807, 2.05) is 0 Å². The minimum absolute atomic E-state index is 0.0278. The number of benzene rings is 3. The van der Waals surface area contributed by atoms with Gasteiger partial charge in [0.25, 0.3) is 11.4 Å². The first-order valence-corrected chi connectivity index (χ1v) is 8.95. The summed E-state index contributed by atoms with van der Waals surface area (Å²) in [5, 5.41) is 18.4. The van der Waals surface area contributed by atoms with Crippen LogP contribution in [-0.2, 0) is 0 Å². The molecule has 0 aromatic heterocycles. The fourth-order valence-corrected chi connectivity index (χ4v) is 3.15. The number of nitriles is 2. The molecule has 0 aliphatic rings. The van der Waals surface area contributed by atoms with Crippen molar-refractivity contribution in [2.45, 2.75) is 0 Å². The maximum absolute atomic E-state index is 14.7. The molecule has 0 radical (unpaired) electrons. The number of hydrogen-bond donors (Lipinski definition) is 0. The van der Waals surface area contributed by atoms with Crippen molar-refractivity contribution < 1.29 is 26.3 Å². The van der Waals surface area contributed by atoms with Gasteiger partial charge in [-0.1, -0.05) is 24.3 Å². The van der Waals surface area contributed by atoms with Crippen LogP contribution in [0.25, 0.3) is 32.1 Å². The Kier molecular flexibility index (Phi) is 6.39. The highest BCUT2D eigenvalue weighted by atomic mass is 19.2. The van der Waals surface area contributed by atoms with Gasteiger partial charge >= 0.3 is 0 Å². The van der Waals surface area contributed by atoms with E-state index >= 15 is 0 Å². The van der Waals surface area contributed by atoms with Crippen molar-refractivity contribution >= 4 is 17.0 Å². The summed E-state index contributed by atoms with van der Waals surface area (Å²) in [6.07, 6.45) is 0. The lowest BCUT2D eigenvalue weighted by atomic mass is 9.95. The molecule has 0 saturated carbocycles. The molecule has 0 saturated heterocycles. The van der Waals surface area contributed by atoms with Crippen molar-refractivity contribution in [3.8, 4) is 23.3 Å². The fraction of sp³-hybridized carbons (Fsp3) is 0. The summed E-state index contributed by atoms with van der Waals surface area (Å²) >= 11 is 0. The molecule has 34 heavy (non-hydrogen) atoms. The summed E-state index contributed by atoms with van der Waals surface area (Å²) in [5.74, 6) is -10.6. The molecule has 0 N–H and O–H groups in total. The highest BCUT2D eigenvalue weighted by Gasteiger charge is 2.28. The Hall–Kier alpha value is -5.06. The van der Waals surface area contributed by atoms with Crippen molar-refractivity contribution in [1.82, 2.24) is 0 Å². The summed E-state index contributed by atoms with van der Waals surface area (Å²) in [6, 6.07) is 8.79. The van der Waals surface area contributed by atoms with Crippen LogP contribution in [0.15, 0.2) is 36.4 Å². The van der Waals surface area contributed by atoms with E-state index in [1.165, 1.54) is 6.07 Å². The molecule has 0 fully saturated rings. The van der Waals surface area contributed by atoms with E-state index in [-0.39, 0.29) is 21.6 Å². The van der Waals surface area contributed by atoms with Gasteiger partial charge in [0.2, 0.25) is 0 Å². The molecule has 0 heterocycles. The van der Waals surface area contributed by atoms with Crippen molar-refractivity contribution in [2.75, 3.05) is 0 Å².